The van der Waals surface area contributed by atoms with E-state index in [9.17, 15) is 9.59 Å². The van der Waals surface area contributed by atoms with Crippen molar-refractivity contribution in [1.29, 1.82) is 0 Å². The second-order valence-corrected chi connectivity index (χ2v) is 8.19. The molecular formula is C22H17N3O3S2. The number of thiocarbonyl (C=S) groups is 1. The summed E-state index contributed by atoms with van der Waals surface area (Å²) in [7, 11) is 1.60. The summed E-state index contributed by atoms with van der Waals surface area (Å²) < 4.78 is 5.83. The average molecular weight is 436 g/mol. The zero-order valence-electron chi connectivity index (χ0n) is 16.2. The molecule has 150 valence electrons. The van der Waals surface area contributed by atoms with Gasteiger partial charge < -0.3 is 10.1 Å². The molecule has 1 aliphatic heterocycles. The topological polar surface area (TPSA) is 71.5 Å². The standard InChI is InChI=1S/C22H17N3O3S2/c1-13(26)23-15-8-10-17(11-9-15)25-21(27)19(30-22(25)29)12-16-7-6-14-4-3-5-18(28-2)20(14)24-16/h3-12H,1-2H3,(H,23,26)/b19-12-. The molecule has 30 heavy (non-hydrogen) atoms. The fourth-order valence-corrected chi connectivity index (χ4v) is 4.39. The number of methoxy groups -OCH3 is 1. The van der Waals surface area contributed by atoms with Gasteiger partial charge in [0.15, 0.2) is 4.32 Å². The van der Waals surface area contributed by atoms with E-state index >= 15 is 0 Å². The first-order valence-electron chi connectivity index (χ1n) is 9.05. The van der Waals surface area contributed by atoms with Gasteiger partial charge in [-0.05, 0) is 42.5 Å². The van der Waals surface area contributed by atoms with Crippen LogP contribution in [0.3, 0.4) is 0 Å². The number of carbonyl (C=O) groups excluding carboxylic acids is 2. The Kier molecular flexibility index (Phi) is 5.52. The molecule has 0 atom stereocenters. The number of nitrogens with zero attached hydrogens (tertiary/aromatic N) is 2. The van der Waals surface area contributed by atoms with Crippen LogP contribution >= 0.6 is 24.0 Å². The maximum Gasteiger partial charge on any atom is 0.270 e. The van der Waals surface area contributed by atoms with Gasteiger partial charge in [-0.2, -0.15) is 0 Å². The molecule has 6 nitrogen and oxygen atoms in total. The molecule has 0 spiro atoms. The van der Waals surface area contributed by atoms with Crippen LogP contribution in [-0.4, -0.2) is 28.2 Å². The molecule has 0 saturated carbocycles. The molecule has 4 rings (SSSR count). The molecule has 3 aromatic rings. The molecule has 0 aliphatic carbocycles. The number of thioether (sulfide) groups is 1. The van der Waals surface area contributed by atoms with E-state index in [0.717, 1.165) is 10.9 Å². The van der Waals surface area contributed by atoms with E-state index in [1.807, 2.05) is 30.3 Å². The molecule has 2 amide bonds. The second-order valence-electron chi connectivity index (χ2n) is 6.51. The van der Waals surface area contributed by atoms with Gasteiger partial charge in [-0.1, -0.05) is 42.2 Å². The summed E-state index contributed by atoms with van der Waals surface area (Å²) in [6.45, 7) is 1.44. The number of rotatable bonds is 4. The summed E-state index contributed by atoms with van der Waals surface area (Å²) in [4.78, 5) is 30.8. The summed E-state index contributed by atoms with van der Waals surface area (Å²) in [6.07, 6.45) is 1.73. The van der Waals surface area contributed by atoms with Crippen molar-refractivity contribution in [2.24, 2.45) is 0 Å². The first-order valence-corrected chi connectivity index (χ1v) is 10.3. The van der Waals surface area contributed by atoms with Crippen LogP contribution in [0.1, 0.15) is 12.6 Å². The van der Waals surface area contributed by atoms with E-state index in [4.69, 9.17) is 17.0 Å². The van der Waals surface area contributed by atoms with Gasteiger partial charge in [-0.25, -0.2) is 4.98 Å². The summed E-state index contributed by atoms with van der Waals surface area (Å²) in [5, 5.41) is 3.66. The summed E-state index contributed by atoms with van der Waals surface area (Å²) >= 11 is 6.66. The lowest BCUT2D eigenvalue weighted by molar-refractivity contribution is -0.114. The zero-order valence-corrected chi connectivity index (χ0v) is 17.8. The predicted molar refractivity (Wildman–Crippen MR) is 125 cm³/mol. The van der Waals surface area contributed by atoms with Crippen molar-refractivity contribution in [1.82, 2.24) is 4.98 Å². The van der Waals surface area contributed by atoms with Crippen LogP contribution in [0.2, 0.25) is 0 Å². The number of nitrogens with one attached hydrogen (secondary N) is 1. The minimum Gasteiger partial charge on any atom is -0.494 e. The Bertz CT molecular complexity index is 1210. The van der Waals surface area contributed by atoms with Crippen LogP contribution in [-0.2, 0) is 9.59 Å². The van der Waals surface area contributed by atoms with Gasteiger partial charge in [-0.15, -0.1) is 0 Å². The number of fused-ring (bicyclic) bond motifs is 1. The largest absolute Gasteiger partial charge is 0.494 e. The minimum absolute atomic E-state index is 0.157. The molecular weight excluding hydrogens is 418 g/mol. The van der Waals surface area contributed by atoms with Gasteiger partial charge in [0.25, 0.3) is 5.91 Å². The number of benzene rings is 2. The van der Waals surface area contributed by atoms with Gasteiger partial charge in [0.05, 0.1) is 23.4 Å². The number of amides is 2. The third-order valence-corrected chi connectivity index (χ3v) is 5.75. The highest BCUT2D eigenvalue weighted by Crippen LogP contribution is 2.36. The Morgan fingerprint density at radius 3 is 2.63 bits per heavy atom. The number of hydrogen-bond acceptors (Lipinski definition) is 6. The molecule has 2 heterocycles. The Labute approximate surface area is 182 Å². The lowest BCUT2D eigenvalue weighted by Crippen LogP contribution is -2.27. The normalized spacial score (nSPS) is 15.1. The van der Waals surface area contributed by atoms with Crippen LogP contribution in [0.5, 0.6) is 5.75 Å². The van der Waals surface area contributed by atoms with Crippen LogP contribution in [0.15, 0.2) is 59.5 Å². The number of carbonyl (C=O) groups is 2. The molecule has 2 aromatic carbocycles. The third kappa shape index (κ3) is 3.92. The molecule has 1 aromatic heterocycles. The maximum absolute atomic E-state index is 13.0. The first-order chi connectivity index (χ1) is 14.5. The van der Waals surface area contributed by atoms with Gasteiger partial charge in [0.1, 0.15) is 11.3 Å². The fourth-order valence-electron chi connectivity index (χ4n) is 3.10. The highest BCUT2D eigenvalue weighted by molar-refractivity contribution is 8.27. The van der Waals surface area contributed by atoms with Crippen LogP contribution in [0, 0.1) is 0 Å². The van der Waals surface area contributed by atoms with Gasteiger partial charge in [0, 0.05) is 18.0 Å². The quantitative estimate of drug-likeness (QED) is 0.477. The summed E-state index contributed by atoms with van der Waals surface area (Å²) in [6, 6.07) is 16.5. The zero-order chi connectivity index (χ0) is 21.3. The first kappa shape index (κ1) is 20.1. The highest BCUT2D eigenvalue weighted by atomic mass is 32.2. The molecule has 0 bridgehead atoms. The smallest absolute Gasteiger partial charge is 0.270 e. The molecule has 1 N–H and O–H groups in total. The lowest BCUT2D eigenvalue weighted by atomic mass is 10.2. The van der Waals surface area contributed by atoms with E-state index in [-0.39, 0.29) is 11.8 Å². The number of anilines is 2. The number of aromatic nitrogens is 1. The van der Waals surface area contributed by atoms with Crippen molar-refractivity contribution in [2.45, 2.75) is 6.92 Å². The minimum atomic E-state index is -0.209. The predicted octanol–water partition coefficient (Wildman–Crippen LogP) is 4.61. The molecule has 1 fully saturated rings. The SMILES string of the molecule is COc1cccc2ccc(/C=C3\SC(=S)N(c4ccc(NC(C)=O)cc4)C3=O)nc12. The summed E-state index contributed by atoms with van der Waals surface area (Å²) in [5.41, 5.74) is 2.68. The summed E-state index contributed by atoms with van der Waals surface area (Å²) in [5.74, 6) is 0.310. The van der Waals surface area contributed by atoms with Crippen LogP contribution in [0.25, 0.3) is 17.0 Å². The van der Waals surface area contributed by atoms with E-state index < -0.39 is 0 Å². The molecule has 0 unspecified atom stereocenters. The number of ether oxygens (including phenoxy) is 1. The Hall–Kier alpha value is -3.23. The van der Waals surface area contributed by atoms with Crippen LogP contribution in [0.4, 0.5) is 11.4 Å². The third-order valence-electron chi connectivity index (χ3n) is 4.44. The Morgan fingerprint density at radius 1 is 1.17 bits per heavy atom. The van der Waals surface area contributed by atoms with E-state index in [0.29, 0.717) is 32.0 Å². The maximum atomic E-state index is 13.0. The Morgan fingerprint density at radius 2 is 1.93 bits per heavy atom. The molecule has 1 aliphatic rings. The van der Waals surface area contributed by atoms with Crippen LogP contribution < -0.4 is 15.0 Å². The van der Waals surface area contributed by atoms with Crippen molar-refractivity contribution in [2.75, 3.05) is 17.3 Å². The molecule has 8 heteroatoms. The van der Waals surface area contributed by atoms with Gasteiger partial charge >= 0.3 is 0 Å². The van der Waals surface area contributed by atoms with Crippen molar-refractivity contribution in [3.8, 4) is 5.75 Å². The van der Waals surface area contributed by atoms with Crippen molar-refractivity contribution >= 4 is 68.5 Å². The van der Waals surface area contributed by atoms with Crippen molar-refractivity contribution < 1.29 is 14.3 Å². The Balaban J connectivity index is 1.63. The second kappa shape index (κ2) is 8.25. The highest BCUT2D eigenvalue weighted by Gasteiger charge is 2.33. The van der Waals surface area contributed by atoms with E-state index in [2.05, 4.69) is 10.3 Å². The molecule has 0 radical (unpaired) electrons. The van der Waals surface area contributed by atoms with E-state index in [1.165, 1.54) is 23.6 Å². The average Bonchev–Trinajstić information content (AvgIpc) is 3.00. The monoisotopic (exact) mass is 435 g/mol. The van der Waals surface area contributed by atoms with Crippen molar-refractivity contribution in [3.05, 3.63) is 65.2 Å². The number of para-hydroxylation sites is 1. The number of pyridine rings is 1. The van der Waals surface area contributed by atoms with E-state index in [1.54, 1.807) is 37.5 Å². The molecule has 1 saturated heterocycles. The van der Waals surface area contributed by atoms with Gasteiger partial charge in [-0.3, -0.25) is 14.5 Å². The number of hydrogen-bond donors (Lipinski definition) is 1. The fraction of sp³-hybridized carbons (Fsp3) is 0.0909. The lowest BCUT2D eigenvalue weighted by Gasteiger charge is -2.15. The van der Waals surface area contributed by atoms with Gasteiger partial charge in [0.2, 0.25) is 5.91 Å². The van der Waals surface area contributed by atoms with Crippen molar-refractivity contribution in [3.63, 3.8) is 0 Å².